The number of rotatable bonds is 6. The quantitative estimate of drug-likeness (QED) is 0.839. The van der Waals surface area contributed by atoms with Crippen molar-refractivity contribution in [1.82, 2.24) is 10.3 Å². The molecule has 0 fully saturated rings. The second-order valence-corrected chi connectivity index (χ2v) is 4.74. The Hall–Kier alpha value is -1.14. The number of alkyl halides is 3. The number of halogens is 3. The van der Waals surface area contributed by atoms with E-state index >= 15 is 0 Å². The average molecular weight is 276 g/mol. The minimum Gasteiger partial charge on any atom is -0.396 e. The standard InChI is InChI=1S/C13H19F3N2O/c1-9(2)11(5-7-19)18-8-12-10(13(14,15)16)4-3-6-17-12/h3-4,6,9,11,18-19H,5,7-8H2,1-2H3. The fraction of sp³-hybridized carbons (Fsp3) is 0.615. The highest BCUT2D eigenvalue weighted by molar-refractivity contribution is 5.22. The van der Waals surface area contributed by atoms with Gasteiger partial charge < -0.3 is 10.4 Å². The van der Waals surface area contributed by atoms with Crippen LogP contribution < -0.4 is 5.32 Å². The van der Waals surface area contributed by atoms with Crippen LogP contribution in [0.5, 0.6) is 0 Å². The highest BCUT2D eigenvalue weighted by Gasteiger charge is 2.33. The lowest BCUT2D eigenvalue weighted by atomic mass is 10.0. The zero-order valence-electron chi connectivity index (χ0n) is 11.0. The Labute approximate surface area is 110 Å². The molecular formula is C13H19F3N2O. The highest BCUT2D eigenvalue weighted by atomic mass is 19.4. The van der Waals surface area contributed by atoms with Crippen molar-refractivity contribution in [3.63, 3.8) is 0 Å². The Kier molecular flexibility index (Phi) is 5.75. The molecule has 0 amide bonds. The predicted molar refractivity (Wildman–Crippen MR) is 66.4 cm³/mol. The van der Waals surface area contributed by atoms with Gasteiger partial charge in [0, 0.05) is 25.4 Å². The van der Waals surface area contributed by atoms with Crippen LogP contribution in [0.2, 0.25) is 0 Å². The van der Waals surface area contributed by atoms with Crippen molar-refractivity contribution in [3.8, 4) is 0 Å². The van der Waals surface area contributed by atoms with E-state index in [0.29, 0.717) is 6.42 Å². The fourth-order valence-electron chi connectivity index (χ4n) is 1.87. The van der Waals surface area contributed by atoms with Crippen LogP contribution in [0.3, 0.4) is 0 Å². The molecule has 1 aromatic heterocycles. The Bertz CT molecular complexity index is 394. The van der Waals surface area contributed by atoms with E-state index in [-0.39, 0.29) is 30.8 Å². The summed E-state index contributed by atoms with van der Waals surface area (Å²) in [6.45, 7) is 3.95. The number of pyridine rings is 1. The molecule has 1 aromatic rings. The van der Waals surface area contributed by atoms with Crippen LogP contribution in [0.1, 0.15) is 31.5 Å². The highest BCUT2D eigenvalue weighted by Crippen LogP contribution is 2.30. The molecule has 0 aromatic carbocycles. The van der Waals surface area contributed by atoms with Crippen molar-refractivity contribution in [2.75, 3.05) is 6.61 Å². The molecule has 2 N–H and O–H groups in total. The maximum Gasteiger partial charge on any atom is 0.418 e. The first-order chi connectivity index (χ1) is 8.86. The van der Waals surface area contributed by atoms with Gasteiger partial charge in [0.05, 0.1) is 11.3 Å². The third-order valence-electron chi connectivity index (χ3n) is 2.97. The monoisotopic (exact) mass is 276 g/mol. The molecule has 0 aliphatic carbocycles. The van der Waals surface area contributed by atoms with E-state index in [0.717, 1.165) is 6.07 Å². The van der Waals surface area contributed by atoms with Gasteiger partial charge in [-0.25, -0.2) is 0 Å². The van der Waals surface area contributed by atoms with Gasteiger partial charge in [-0.3, -0.25) is 4.98 Å². The van der Waals surface area contributed by atoms with Gasteiger partial charge in [-0.15, -0.1) is 0 Å². The largest absolute Gasteiger partial charge is 0.418 e. The molecule has 1 heterocycles. The zero-order chi connectivity index (χ0) is 14.5. The molecule has 0 radical (unpaired) electrons. The first kappa shape index (κ1) is 15.9. The molecule has 108 valence electrons. The third-order valence-corrected chi connectivity index (χ3v) is 2.97. The fourth-order valence-corrected chi connectivity index (χ4v) is 1.87. The van der Waals surface area contributed by atoms with Crippen LogP contribution in [0, 0.1) is 5.92 Å². The smallest absolute Gasteiger partial charge is 0.396 e. The van der Waals surface area contributed by atoms with E-state index in [1.54, 1.807) is 0 Å². The van der Waals surface area contributed by atoms with Crippen molar-refractivity contribution >= 4 is 0 Å². The van der Waals surface area contributed by atoms with Gasteiger partial charge in [-0.1, -0.05) is 13.8 Å². The summed E-state index contributed by atoms with van der Waals surface area (Å²) in [7, 11) is 0. The summed E-state index contributed by atoms with van der Waals surface area (Å²) in [4.78, 5) is 3.79. The van der Waals surface area contributed by atoms with Crippen LogP contribution in [0.25, 0.3) is 0 Å². The van der Waals surface area contributed by atoms with Gasteiger partial charge in [0.25, 0.3) is 0 Å². The predicted octanol–water partition coefficient (Wildman–Crippen LogP) is 2.60. The normalized spacial score (nSPS) is 13.8. The molecule has 0 saturated carbocycles. The molecule has 3 nitrogen and oxygen atoms in total. The van der Waals surface area contributed by atoms with E-state index < -0.39 is 11.7 Å². The van der Waals surface area contributed by atoms with Gasteiger partial charge in [0.1, 0.15) is 0 Å². The topological polar surface area (TPSA) is 45.1 Å². The van der Waals surface area contributed by atoms with E-state index in [9.17, 15) is 13.2 Å². The number of aliphatic hydroxyl groups is 1. The first-order valence-corrected chi connectivity index (χ1v) is 6.21. The second-order valence-electron chi connectivity index (χ2n) is 4.74. The average Bonchev–Trinajstić information content (AvgIpc) is 2.33. The van der Waals surface area contributed by atoms with Crippen LogP contribution >= 0.6 is 0 Å². The number of nitrogens with one attached hydrogen (secondary N) is 1. The Morgan fingerprint density at radius 1 is 1.37 bits per heavy atom. The van der Waals surface area contributed by atoms with E-state index in [1.165, 1.54) is 12.3 Å². The SMILES string of the molecule is CC(C)C(CCO)NCc1ncccc1C(F)(F)F. The lowest BCUT2D eigenvalue weighted by Gasteiger charge is -2.22. The Morgan fingerprint density at radius 3 is 2.58 bits per heavy atom. The zero-order valence-corrected chi connectivity index (χ0v) is 11.0. The molecule has 0 spiro atoms. The number of nitrogens with zero attached hydrogens (tertiary/aromatic N) is 1. The number of aliphatic hydroxyl groups excluding tert-OH is 1. The van der Waals surface area contributed by atoms with Gasteiger partial charge >= 0.3 is 6.18 Å². The Morgan fingerprint density at radius 2 is 2.05 bits per heavy atom. The number of aromatic nitrogens is 1. The molecule has 6 heteroatoms. The van der Waals surface area contributed by atoms with Crippen LogP contribution in [-0.4, -0.2) is 22.7 Å². The summed E-state index contributed by atoms with van der Waals surface area (Å²) in [6.07, 6.45) is -2.54. The van der Waals surface area contributed by atoms with Gasteiger partial charge in [0.15, 0.2) is 0 Å². The third kappa shape index (κ3) is 4.80. The van der Waals surface area contributed by atoms with Crippen molar-refractivity contribution in [1.29, 1.82) is 0 Å². The van der Waals surface area contributed by atoms with E-state index in [2.05, 4.69) is 10.3 Å². The molecule has 1 rings (SSSR count). The Balaban J connectivity index is 2.77. The van der Waals surface area contributed by atoms with Crippen LogP contribution in [-0.2, 0) is 12.7 Å². The van der Waals surface area contributed by atoms with Gasteiger partial charge in [-0.05, 0) is 24.5 Å². The molecule has 19 heavy (non-hydrogen) atoms. The summed E-state index contributed by atoms with van der Waals surface area (Å²) < 4.78 is 38.3. The number of hydrogen-bond acceptors (Lipinski definition) is 3. The maximum absolute atomic E-state index is 12.8. The van der Waals surface area contributed by atoms with Crippen molar-refractivity contribution in [2.45, 2.75) is 39.0 Å². The molecule has 0 bridgehead atoms. The lowest BCUT2D eigenvalue weighted by molar-refractivity contribution is -0.138. The van der Waals surface area contributed by atoms with Crippen molar-refractivity contribution < 1.29 is 18.3 Å². The summed E-state index contributed by atoms with van der Waals surface area (Å²) in [6, 6.07) is 2.27. The second kappa shape index (κ2) is 6.86. The van der Waals surface area contributed by atoms with Crippen LogP contribution in [0.4, 0.5) is 13.2 Å². The van der Waals surface area contributed by atoms with E-state index in [4.69, 9.17) is 5.11 Å². The minimum absolute atomic E-state index is 0.00416. The summed E-state index contributed by atoms with van der Waals surface area (Å²) in [5.74, 6) is 0.227. The van der Waals surface area contributed by atoms with E-state index in [1.807, 2.05) is 13.8 Å². The number of hydrogen-bond donors (Lipinski definition) is 2. The first-order valence-electron chi connectivity index (χ1n) is 6.21. The molecule has 1 unspecified atom stereocenters. The summed E-state index contributed by atoms with van der Waals surface area (Å²) >= 11 is 0. The molecule has 0 aliphatic heterocycles. The van der Waals surface area contributed by atoms with Gasteiger partial charge in [0.2, 0.25) is 0 Å². The molecular weight excluding hydrogens is 257 g/mol. The summed E-state index contributed by atoms with van der Waals surface area (Å²) in [5.41, 5.74) is -0.729. The molecule has 1 atom stereocenters. The lowest BCUT2D eigenvalue weighted by Crippen LogP contribution is -2.35. The van der Waals surface area contributed by atoms with Gasteiger partial charge in [-0.2, -0.15) is 13.2 Å². The molecule has 0 saturated heterocycles. The molecule has 0 aliphatic rings. The minimum atomic E-state index is -4.39. The summed E-state index contributed by atoms with van der Waals surface area (Å²) in [5, 5.41) is 12.0. The van der Waals surface area contributed by atoms with Crippen molar-refractivity contribution in [3.05, 3.63) is 29.6 Å². The van der Waals surface area contributed by atoms with Crippen LogP contribution in [0.15, 0.2) is 18.3 Å². The van der Waals surface area contributed by atoms with Crippen molar-refractivity contribution in [2.24, 2.45) is 5.92 Å². The maximum atomic E-state index is 12.8.